The Bertz CT molecular complexity index is 1200. The minimum absolute atomic E-state index is 0.0868. The van der Waals surface area contributed by atoms with Crippen molar-refractivity contribution in [1.29, 1.82) is 0 Å². The monoisotopic (exact) mass is 414 g/mol. The molecule has 0 aliphatic heterocycles. The fraction of sp³-hybridized carbons (Fsp3) is 0.208. The second-order valence-corrected chi connectivity index (χ2v) is 7.11. The standard InChI is InChI=1S/C24H22N4O3/c1-17(30)24-25-11-12-28(24)16-22-14-23(31-27-22)20-7-4-18(5-8-20)2-3-19-6-9-21(10-13-29)26-15-19/h4-9,11-12,14-15,17,29-30H,10,13,16H2,1H3/t17-/m0/s1. The Hall–Kier alpha value is -3.73. The maximum atomic E-state index is 9.78. The van der Waals surface area contributed by atoms with Crippen LogP contribution >= 0.6 is 0 Å². The maximum absolute atomic E-state index is 9.78. The molecule has 0 aliphatic carbocycles. The molecule has 1 atom stereocenters. The lowest BCUT2D eigenvalue weighted by Crippen LogP contribution is -2.07. The summed E-state index contributed by atoms with van der Waals surface area (Å²) in [6.07, 6.45) is 5.07. The molecule has 31 heavy (non-hydrogen) atoms. The van der Waals surface area contributed by atoms with Crippen LogP contribution in [0.1, 0.15) is 41.4 Å². The van der Waals surface area contributed by atoms with Crippen LogP contribution in [0.2, 0.25) is 0 Å². The number of aliphatic hydroxyl groups excluding tert-OH is 2. The molecule has 3 heterocycles. The molecular formula is C24H22N4O3. The van der Waals surface area contributed by atoms with Gasteiger partial charge in [-0.15, -0.1) is 0 Å². The first kappa shape index (κ1) is 20.5. The van der Waals surface area contributed by atoms with Crippen LogP contribution in [0.4, 0.5) is 0 Å². The quantitative estimate of drug-likeness (QED) is 0.471. The van der Waals surface area contributed by atoms with E-state index in [2.05, 4.69) is 27.0 Å². The van der Waals surface area contributed by atoms with E-state index in [1.54, 1.807) is 25.5 Å². The van der Waals surface area contributed by atoms with Crippen molar-refractivity contribution < 1.29 is 14.7 Å². The zero-order valence-electron chi connectivity index (χ0n) is 17.1. The zero-order valence-corrected chi connectivity index (χ0v) is 17.1. The highest BCUT2D eigenvalue weighted by Gasteiger charge is 2.12. The first-order chi connectivity index (χ1) is 15.1. The summed E-state index contributed by atoms with van der Waals surface area (Å²) in [5, 5.41) is 22.9. The predicted molar refractivity (Wildman–Crippen MR) is 115 cm³/mol. The number of aromatic nitrogens is 4. The molecule has 0 spiro atoms. The van der Waals surface area contributed by atoms with Crippen LogP contribution in [0.15, 0.2) is 65.6 Å². The smallest absolute Gasteiger partial charge is 0.167 e. The van der Waals surface area contributed by atoms with Crippen LogP contribution in [0.25, 0.3) is 11.3 Å². The fourth-order valence-electron chi connectivity index (χ4n) is 3.14. The summed E-state index contributed by atoms with van der Waals surface area (Å²) in [4.78, 5) is 8.44. The Morgan fingerprint density at radius 1 is 1.03 bits per heavy atom. The highest BCUT2D eigenvalue weighted by molar-refractivity contribution is 5.59. The average molecular weight is 414 g/mol. The summed E-state index contributed by atoms with van der Waals surface area (Å²) < 4.78 is 7.34. The highest BCUT2D eigenvalue weighted by Crippen LogP contribution is 2.22. The third-order valence-electron chi connectivity index (χ3n) is 4.73. The van der Waals surface area contributed by atoms with Gasteiger partial charge in [-0.25, -0.2) is 4.98 Å². The summed E-state index contributed by atoms with van der Waals surface area (Å²) in [5.41, 5.74) is 4.19. The van der Waals surface area contributed by atoms with Crippen molar-refractivity contribution in [1.82, 2.24) is 19.7 Å². The lowest BCUT2D eigenvalue weighted by atomic mass is 10.1. The van der Waals surface area contributed by atoms with Crippen molar-refractivity contribution in [3.8, 4) is 23.2 Å². The van der Waals surface area contributed by atoms with Crippen LogP contribution < -0.4 is 0 Å². The van der Waals surface area contributed by atoms with Gasteiger partial charge in [0.25, 0.3) is 0 Å². The molecule has 0 saturated heterocycles. The highest BCUT2D eigenvalue weighted by atomic mass is 16.5. The predicted octanol–water partition coefficient (Wildman–Crippen LogP) is 2.97. The third kappa shape index (κ3) is 5.07. The van der Waals surface area contributed by atoms with Crippen molar-refractivity contribution >= 4 is 0 Å². The molecular weight excluding hydrogens is 392 g/mol. The van der Waals surface area contributed by atoms with E-state index >= 15 is 0 Å². The van der Waals surface area contributed by atoms with Crippen LogP contribution in [-0.4, -0.2) is 36.5 Å². The molecule has 2 N–H and O–H groups in total. The van der Waals surface area contributed by atoms with Crippen LogP contribution in [-0.2, 0) is 13.0 Å². The number of rotatable bonds is 6. The van der Waals surface area contributed by atoms with Crippen molar-refractivity contribution in [3.63, 3.8) is 0 Å². The van der Waals surface area contributed by atoms with Crippen LogP contribution in [0.5, 0.6) is 0 Å². The van der Waals surface area contributed by atoms with Gasteiger partial charge < -0.3 is 19.3 Å². The molecule has 0 saturated carbocycles. The fourth-order valence-corrected chi connectivity index (χ4v) is 3.14. The summed E-state index contributed by atoms with van der Waals surface area (Å²) in [7, 11) is 0. The van der Waals surface area contributed by atoms with E-state index in [1.165, 1.54) is 0 Å². The van der Waals surface area contributed by atoms with Gasteiger partial charge in [-0.05, 0) is 43.3 Å². The summed E-state index contributed by atoms with van der Waals surface area (Å²) in [5.74, 6) is 7.47. The lowest BCUT2D eigenvalue weighted by Gasteiger charge is -2.07. The lowest BCUT2D eigenvalue weighted by molar-refractivity contribution is 0.184. The molecule has 4 aromatic rings. The minimum Gasteiger partial charge on any atom is -0.396 e. The second kappa shape index (κ2) is 9.39. The number of aliphatic hydroxyl groups is 2. The number of hydrogen-bond donors (Lipinski definition) is 2. The van der Waals surface area contributed by atoms with Crippen molar-refractivity contribution in [2.45, 2.75) is 26.0 Å². The van der Waals surface area contributed by atoms with Gasteiger partial charge >= 0.3 is 0 Å². The van der Waals surface area contributed by atoms with Crippen LogP contribution in [0.3, 0.4) is 0 Å². The Morgan fingerprint density at radius 2 is 1.81 bits per heavy atom. The normalized spacial score (nSPS) is 11.7. The minimum atomic E-state index is -0.649. The Labute approximate surface area is 180 Å². The first-order valence-electron chi connectivity index (χ1n) is 9.95. The van der Waals surface area contributed by atoms with Gasteiger partial charge in [0, 0.05) is 60.1 Å². The van der Waals surface area contributed by atoms with Gasteiger partial charge in [-0.1, -0.05) is 17.0 Å². The van der Waals surface area contributed by atoms with Gasteiger partial charge in [-0.3, -0.25) is 4.98 Å². The molecule has 4 rings (SSSR count). The van der Waals surface area contributed by atoms with E-state index in [1.807, 2.05) is 47.0 Å². The topological polar surface area (TPSA) is 97.2 Å². The SMILES string of the molecule is C[C@H](O)c1nccn1Cc1cc(-c2ccc(C#Cc3ccc(CCO)nc3)cc2)on1. The molecule has 7 heteroatoms. The van der Waals surface area contributed by atoms with E-state index in [0.29, 0.717) is 24.6 Å². The first-order valence-corrected chi connectivity index (χ1v) is 9.95. The van der Waals surface area contributed by atoms with Gasteiger partial charge in [-0.2, -0.15) is 0 Å². The zero-order chi connectivity index (χ0) is 21.6. The van der Waals surface area contributed by atoms with Gasteiger partial charge in [0.15, 0.2) is 5.76 Å². The molecule has 7 nitrogen and oxygen atoms in total. The number of nitrogens with zero attached hydrogens (tertiary/aromatic N) is 4. The van der Waals surface area contributed by atoms with E-state index in [4.69, 9.17) is 9.63 Å². The van der Waals surface area contributed by atoms with E-state index in [0.717, 1.165) is 28.1 Å². The Kier molecular flexibility index (Phi) is 6.22. The molecule has 0 aliphatic rings. The second-order valence-electron chi connectivity index (χ2n) is 7.11. The molecule has 1 aromatic carbocycles. The molecule has 0 radical (unpaired) electrons. The number of benzene rings is 1. The van der Waals surface area contributed by atoms with Crippen molar-refractivity contribution in [3.05, 3.63) is 89.4 Å². The molecule has 0 unspecified atom stereocenters. The van der Waals surface area contributed by atoms with E-state index in [9.17, 15) is 5.11 Å². The van der Waals surface area contributed by atoms with Crippen molar-refractivity contribution in [2.24, 2.45) is 0 Å². The summed E-state index contributed by atoms with van der Waals surface area (Å²) >= 11 is 0. The number of hydrogen-bond acceptors (Lipinski definition) is 6. The maximum Gasteiger partial charge on any atom is 0.167 e. The Morgan fingerprint density at radius 3 is 2.52 bits per heavy atom. The van der Waals surface area contributed by atoms with Crippen molar-refractivity contribution in [2.75, 3.05) is 6.61 Å². The Balaban J connectivity index is 1.44. The summed E-state index contributed by atoms with van der Waals surface area (Å²) in [6, 6.07) is 13.4. The summed E-state index contributed by atoms with van der Waals surface area (Å²) in [6.45, 7) is 2.24. The van der Waals surface area contributed by atoms with Gasteiger partial charge in [0.1, 0.15) is 17.6 Å². The average Bonchev–Trinajstić information content (AvgIpc) is 3.44. The molecule has 3 aromatic heterocycles. The van der Waals surface area contributed by atoms with Crippen LogP contribution in [0, 0.1) is 11.8 Å². The molecule has 0 fully saturated rings. The van der Waals surface area contributed by atoms with E-state index < -0.39 is 6.10 Å². The molecule has 156 valence electrons. The molecule has 0 bridgehead atoms. The van der Waals surface area contributed by atoms with Gasteiger partial charge in [0.05, 0.1) is 6.54 Å². The van der Waals surface area contributed by atoms with Gasteiger partial charge in [0.2, 0.25) is 0 Å². The van der Waals surface area contributed by atoms with E-state index in [-0.39, 0.29) is 6.61 Å². The third-order valence-corrected chi connectivity index (χ3v) is 4.73. The molecule has 0 amide bonds. The number of imidazole rings is 1. The largest absolute Gasteiger partial charge is 0.396 e. The number of pyridine rings is 1.